The molecule has 0 atom stereocenters. The summed E-state index contributed by atoms with van der Waals surface area (Å²) < 4.78 is 357. The molecular weight excluding hydrogens is 1550 g/mol. The average molecular weight is 1580 g/mol. The first-order valence-corrected chi connectivity index (χ1v) is 35.0. The Balaban J connectivity index is 1.22. The zero-order valence-electron chi connectivity index (χ0n) is 53.2. The first-order chi connectivity index (χ1) is 50.6. The summed E-state index contributed by atoms with van der Waals surface area (Å²) in [5, 5.41) is 1.17. The van der Waals surface area contributed by atoms with Crippen LogP contribution < -0.4 is 0 Å². The van der Waals surface area contributed by atoms with Crippen molar-refractivity contribution in [2.75, 3.05) is 0 Å². The summed E-state index contributed by atoms with van der Waals surface area (Å²) in [4.78, 5) is 0. The van der Waals surface area contributed by atoms with E-state index in [0.29, 0.717) is 0 Å². The predicted molar refractivity (Wildman–Crippen MR) is 375 cm³/mol. The summed E-state index contributed by atoms with van der Waals surface area (Å²) in [6, 6.07) is 28.8. The third-order valence-electron chi connectivity index (χ3n) is 19.5. The van der Waals surface area contributed by atoms with Crippen LogP contribution in [-0.2, 0) is 49.4 Å². The lowest BCUT2D eigenvalue weighted by Crippen LogP contribution is -2.04. The van der Waals surface area contributed by atoms with Crippen molar-refractivity contribution in [2.24, 2.45) is 0 Å². The maximum atomic E-state index is 14.8. The Morgan fingerprint density at radius 3 is 0.287 bits per heavy atom. The zero-order chi connectivity index (χ0) is 76.5. The monoisotopic (exact) mass is 1580 g/mol. The van der Waals surface area contributed by atoms with Gasteiger partial charge in [-0.2, -0.15) is 105 Å². The molecule has 4 heterocycles. The van der Waals surface area contributed by atoms with Crippen LogP contribution in [-0.4, -0.2) is 0 Å². The van der Waals surface area contributed by atoms with Gasteiger partial charge in [-0.1, -0.05) is 97.1 Å². The van der Waals surface area contributed by atoms with Crippen molar-refractivity contribution < 1.29 is 105 Å². The molecule has 0 bridgehead atoms. The molecule has 13 aromatic carbocycles. The van der Waals surface area contributed by atoms with Gasteiger partial charge in [0.2, 0.25) is 0 Å². The Morgan fingerprint density at radius 2 is 0.213 bits per heavy atom. The first kappa shape index (κ1) is 70.8. The van der Waals surface area contributed by atoms with Crippen LogP contribution in [0.4, 0.5) is 105 Å². The molecule has 0 N–H and O–H groups in total. The molecule has 108 heavy (non-hydrogen) atoms. The minimum absolute atomic E-state index is 0.0116. The van der Waals surface area contributed by atoms with E-state index in [1.54, 1.807) is 0 Å². The van der Waals surface area contributed by atoms with E-state index in [2.05, 4.69) is 0 Å². The van der Waals surface area contributed by atoms with Crippen molar-refractivity contribution in [3.63, 3.8) is 0 Å². The van der Waals surface area contributed by atoms with Gasteiger partial charge >= 0.3 is 49.4 Å². The lowest BCUT2D eigenvalue weighted by molar-refractivity contribution is -0.138. The fourth-order valence-corrected chi connectivity index (χ4v) is 20.6. The molecule has 0 aliphatic heterocycles. The molecule has 0 spiro atoms. The molecular formula is C80H32F24S4. The Morgan fingerprint density at radius 1 is 0.130 bits per heavy atom. The number of halogens is 24. The summed E-state index contributed by atoms with van der Waals surface area (Å²) in [6.07, 6.45) is -40.0. The molecule has 0 unspecified atom stereocenters. The molecule has 17 rings (SSSR count). The molecule has 0 fully saturated rings. The molecule has 544 valence electrons. The quantitative estimate of drug-likeness (QED) is 0.133. The van der Waals surface area contributed by atoms with Gasteiger partial charge in [0, 0.05) is 125 Å². The smallest absolute Gasteiger partial charge is 0.166 e. The number of rotatable bonds is 8. The van der Waals surface area contributed by atoms with Crippen molar-refractivity contribution in [3.8, 4) is 89.0 Å². The average Bonchev–Trinajstić information content (AvgIpc) is 1.48. The van der Waals surface area contributed by atoms with Gasteiger partial charge in [-0.25, -0.2) is 0 Å². The van der Waals surface area contributed by atoms with E-state index in [9.17, 15) is 105 Å². The second-order valence-corrected chi connectivity index (χ2v) is 29.7. The van der Waals surface area contributed by atoms with Crippen LogP contribution in [0.3, 0.4) is 0 Å². The minimum atomic E-state index is -4.99. The van der Waals surface area contributed by atoms with Crippen molar-refractivity contribution in [2.45, 2.75) is 49.4 Å². The number of hydrogen-bond acceptors (Lipinski definition) is 4. The number of alkyl halides is 24. The molecule has 0 amide bonds. The van der Waals surface area contributed by atoms with E-state index in [0.717, 1.165) is 239 Å². The molecule has 28 heteroatoms. The van der Waals surface area contributed by atoms with E-state index >= 15 is 0 Å². The van der Waals surface area contributed by atoms with E-state index in [-0.39, 0.29) is 170 Å². The molecule has 0 saturated heterocycles. The Hall–Kier alpha value is -10.2. The molecule has 0 radical (unpaired) electrons. The van der Waals surface area contributed by atoms with E-state index in [1.165, 1.54) is 0 Å². The van der Waals surface area contributed by atoms with Crippen LogP contribution in [0.5, 0.6) is 0 Å². The Labute approximate surface area is 605 Å². The summed E-state index contributed by atoms with van der Waals surface area (Å²) >= 11 is 3.46. The third kappa shape index (κ3) is 11.2. The standard InChI is InChI=1S/C80H32F24S4/c81-73(82,83)41-17-1-33(2-18-41)49-50(34-3-19-42(20-4-34)74(84,85)86)66-58-57-59-61-63-64-62-60(58)68(106-66)53(37-9-25-45(26-10-37)77(93,94)95)54(38-11-27-46(28-12-38)78(96,97)98)70(62)108-72(64)56(40-15-31-48(32-16-40)80(102,103)104)55(39-13-29-47(30-14-39)79(99,100)101)71(63)107-69(61)52(36-7-23-44(24-8-36)76(90,91)92)51(67(59)105-65(49)57)35-5-21-43(22-6-35)75(87,88)89/h1-32H. The van der Waals surface area contributed by atoms with Gasteiger partial charge in [0.25, 0.3) is 0 Å². The van der Waals surface area contributed by atoms with E-state index in [4.69, 9.17) is 0 Å². The lowest BCUT2D eigenvalue weighted by atomic mass is 9.82. The normalized spacial score (nSPS) is 13.6. The minimum Gasteiger partial charge on any atom is -0.166 e. The molecule has 4 aromatic heterocycles. The van der Waals surface area contributed by atoms with Crippen LogP contribution in [0.25, 0.3) is 170 Å². The van der Waals surface area contributed by atoms with Crippen molar-refractivity contribution in [1.82, 2.24) is 0 Å². The van der Waals surface area contributed by atoms with Crippen LogP contribution in [0.15, 0.2) is 194 Å². The molecule has 0 nitrogen and oxygen atoms in total. The largest absolute Gasteiger partial charge is 0.416 e. The molecule has 0 aliphatic rings. The Bertz CT molecular complexity index is 5210. The first-order valence-electron chi connectivity index (χ1n) is 31.7. The number of benzene rings is 12. The van der Waals surface area contributed by atoms with Gasteiger partial charge < -0.3 is 0 Å². The highest BCUT2D eigenvalue weighted by Crippen LogP contribution is 2.67. The predicted octanol–water partition coefficient (Wildman–Crippen LogP) is 31.0. The van der Waals surface area contributed by atoms with Gasteiger partial charge in [0.05, 0.1) is 44.5 Å². The van der Waals surface area contributed by atoms with Gasteiger partial charge in [0.15, 0.2) is 0 Å². The second-order valence-electron chi connectivity index (χ2n) is 25.6. The zero-order valence-corrected chi connectivity index (χ0v) is 56.4. The van der Waals surface area contributed by atoms with Crippen molar-refractivity contribution in [1.29, 1.82) is 0 Å². The molecule has 0 aliphatic carbocycles. The van der Waals surface area contributed by atoms with Crippen molar-refractivity contribution >= 4 is 126 Å². The van der Waals surface area contributed by atoms with Gasteiger partial charge in [-0.3, -0.25) is 0 Å². The van der Waals surface area contributed by atoms with E-state index < -0.39 is 93.9 Å². The highest BCUT2D eigenvalue weighted by Gasteiger charge is 2.42. The maximum absolute atomic E-state index is 14.8. The van der Waals surface area contributed by atoms with Gasteiger partial charge in [-0.15, -0.1) is 45.3 Å². The van der Waals surface area contributed by atoms with Crippen LogP contribution in [0.1, 0.15) is 44.5 Å². The third-order valence-corrected chi connectivity index (χ3v) is 24.4. The summed E-state index contributed by atoms with van der Waals surface area (Å²) in [7, 11) is 0. The molecule has 17 aromatic rings. The highest BCUT2D eigenvalue weighted by atomic mass is 32.1. The maximum Gasteiger partial charge on any atom is 0.416 e. The summed E-state index contributed by atoms with van der Waals surface area (Å²) in [5.41, 5.74) is -10.0. The SMILES string of the molecule is FC(F)(F)c1ccc(-c2c(-c3ccc(C(F)(F)F)cc3)c3sc4c(-c5ccc(C(F)(F)F)cc5)c(-c5ccc(C(F)(F)F)cc5)c5sc6c(-c7ccc(C(F)(F)F)cc7)c(-c7ccc(C(F)(F)F)cc7)c7sc8c(-c9ccc(C(F)(F)F)cc9)c(-c9ccc(C(F)(F)F)cc9)c9sc2c2c9c8c7c6c5c4c32)cc1. The number of hydrogen-bond donors (Lipinski definition) is 0. The topological polar surface area (TPSA) is 0 Å². The molecule has 0 saturated carbocycles. The van der Waals surface area contributed by atoms with Crippen molar-refractivity contribution in [3.05, 3.63) is 239 Å². The van der Waals surface area contributed by atoms with Crippen LogP contribution in [0.2, 0.25) is 0 Å². The summed E-state index contributed by atoms with van der Waals surface area (Å²) in [5.74, 6) is 0. The van der Waals surface area contributed by atoms with Gasteiger partial charge in [0.1, 0.15) is 0 Å². The van der Waals surface area contributed by atoms with Crippen LogP contribution >= 0.6 is 45.3 Å². The summed E-state index contributed by atoms with van der Waals surface area (Å²) in [6.45, 7) is 0. The van der Waals surface area contributed by atoms with Crippen LogP contribution in [0, 0.1) is 0 Å². The highest BCUT2D eigenvalue weighted by molar-refractivity contribution is 7.32. The lowest BCUT2D eigenvalue weighted by Gasteiger charge is -2.19. The fourth-order valence-electron chi connectivity index (χ4n) is 14.8. The fraction of sp³-hybridized carbons (Fsp3) is 0.100. The van der Waals surface area contributed by atoms with Gasteiger partial charge in [-0.05, 0) is 142 Å². The number of thiophene rings is 4. The second kappa shape index (κ2) is 23.7. The van der Waals surface area contributed by atoms with E-state index in [1.807, 2.05) is 0 Å². The Kier molecular flexibility index (Phi) is 15.5.